The van der Waals surface area contributed by atoms with Crippen LogP contribution in [-0.2, 0) is 10.1 Å². The molecule has 0 aliphatic carbocycles. The Morgan fingerprint density at radius 3 is 1.75 bits per heavy atom. The molecule has 0 aromatic carbocycles. The van der Waals surface area contributed by atoms with E-state index in [0.717, 1.165) is 57.8 Å². The van der Waals surface area contributed by atoms with E-state index in [4.69, 9.17) is 4.55 Å². The second-order valence-electron chi connectivity index (χ2n) is 5.70. The van der Waals surface area contributed by atoms with E-state index in [1.165, 1.54) is 12.8 Å². The maximum Gasteiger partial charge on any atom is 0.264 e. The molecule has 0 rings (SSSR count). The van der Waals surface area contributed by atoms with Gasteiger partial charge in [0.1, 0.15) is 0 Å². The second kappa shape index (κ2) is 12.6. The van der Waals surface area contributed by atoms with E-state index in [0.29, 0.717) is 6.42 Å². The molecule has 122 valence electrons. The lowest BCUT2D eigenvalue weighted by molar-refractivity contribution is 0.147. The molecule has 20 heavy (non-hydrogen) atoms. The van der Waals surface area contributed by atoms with E-state index >= 15 is 0 Å². The van der Waals surface area contributed by atoms with Gasteiger partial charge in [0, 0.05) is 0 Å². The number of hydrogen-bond acceptors (Lipinski definition) is 3. The minimum atomic E-state index is -3.77. The van der Waals surface area contributed by atoms with Gasteiger partial charge in [-0.2, -0.15) is 8.42 Å². The van der Waals surface area contributed by atoms with Crippen LogP contribution in [0.1, 0.15) is 84.0 Å². The Hall–Kier alpha value is -0.130. The molecule has 0 aromatic rings. The van der Waals surface area contributed by atoms with E-state index in [-0.39, 0.29) is 11.9 Å². The highest BCUT2D eigenvalue weighted by Gasteiger charge is 2.04. The predicted octanol–water partition coefficient (Wildman–Crippen LogP) is 3.94. The molecule has 2 N–H and O–H groups in total. The number of unbranched alkanes of at least 4 members (excludes halogenated alkanes) is 8. The average Bonchev–Trinajstić information content (AvgIpc) is 2.36. The van der Waals surface area contributed by atoms with Crippen LogP contribution in [0, 0.1) is 0 Å². The summed E-state index contributed by atoms with van der Waals surface area (Å²) < 4.78 is 29.6. The molecular formula is C15H32O4S. The second-order valence-corrected chi connectivity index (χ2v) is 7.27. The van der Waals surface area contributed by atoms with Gasteiger partial charge in [-0.1, -0.05) is 64.7 Å². The van der Waals surface area contributed by atoms with Crippen molar-refractivity contribution in [2.24, 2.45) is 0 Å². The monoisotopic (exact) mass is 308 g/mol. The summed E-state index contributed by atoms with van der Waals surface area (Å²) in [7, 11) is -3.77. The van der Waals surface area contributed by atoms with Gasteiger partial charge in [0.15, 0.2) is 0 Å². The first-order chi connectivity index (χ1) is 9.45. The summed E-state index contributed by atoms with van der Waals surface area (Å²) in [5.74, 6) is -0.114. The summed E-state index contributed by atoms with van der Waals surface area (Å²) in [6, 6.07) is 0. The Bertz CT molecular complexity index is 301. The molecule has 0 heterocycles. The van der Waals surface area contributed by atoms with Crippen molar-refractivity contribution in [1.29, 1.82) is 0 Å². The third kappa shape index (κ3) is 15.9. The molecular weight excluding hydrogens is 276 g/mol. The Morgan fingerprint density at radius 1 is 0.800 bits per heavy atom. The van der Waals surface area contributed by atoms with Crippen LogP contribution in [0.25, 0.3) is 0 Å². The maximum absolute atomic E-state index is 10.5. The van der Waals surface area contributed by atoms with E-state index < -0.39 is 10.1 Å². The molecule has 0 fully saturated rings. The van der Waals surface area contributed by atoms with Crippen molar-refractivity contribution in [3.05, 3.63) is 0 Å². The van der Waals surface area contributed by atoms with Gasteiger partial charge in [-0.25, -0.2) is 0 Å². The number of hydrogen-bond donors (Lipinski definition) is 2. The van der Waals surface area contributed by atoms with Gasteiger partial charge in [-0.3, -0.25) is 4.55 Å². The average molecular weight is 308 g/mol. The Morgan fingerprint density at radius 2 is 1.25 bits per heavy atom. The summed E-state index contributed by atoms with van der Waals surface area (Å²) >= 11 is 0. The van der Waals surface area contributed by atoms with Gasteiger partial charge in [-0.05, 0) is 19.3 Å². The van der Waals surface area contributed by atoms with E-state index in [2.05, 4.69) is 6.92 Å². The zero-order valence-corrected chi connectivity index (χ0v) is 13.7. The van der Waals surface area contributed by atoms with Gasteiger partial charge in [0.25, 0.3) is 10.1 Å². The van der Waals surface area contributed by atoms with Gasteiger partial charge in [-0.15, -0.1) is 0 Å². The summed E-state index contributed by atoms with van der Waals surface area (Å²) in [6.07, 6.45) is 12.2. The van der Waals surface area contributed by atoms with Crippen LogP contribution in [0.4, 0.5) is 0 Å². The summed E-state index contributed by atoms with van der Waals surface area (Å²) in [4.78, 5) is 0. The fourth-order valence-corrected chi connectivity index (χ4v) is 2.89. The molecule has 0 radical (unpaired) electrons. The zero-order valence-electron chi connectivity index (χ0n) is 12.9. The normalized spacial score (nSPS) is 13.6. The predicted molar refractivity (Wildman–Crippen MR) is 83.5 cm³/mol. The molecule has 1 unspecified atom stereocenters. The van der Waals surface area contributed by atoms with Crippen molar-refractivity contribution in [3.8, 4) is 0 Å². The molecule has 0 aromatic heterocycles. The number of aliphatic hydroxyl groups is 1. The Balaban J connectivity index is 3.20. The highest BCUT2D eigenvalue weighted by molar-refractivity contribution is 7.85. The minimum Gasteiger partial charge on any atom is -0.393 e. The molecule has 0 bridgehead atoms. The largest absolute Gasteiger partial charge is 0.393 e. The molecule has 0 aliphatic rings. The lowest BCUT2D eigenvalue weighted by Crippen LogP contribution is -2.05. The lowest BCUT2D eigenvalue weighted by atomic mass is 10.0. The van der Waals surface area contributed by atoms with Crippen LogP contribution in [0.5, 0.6) is 0 Å². The van der Waals surface area contributed by atoms with Crippen molar-refractivity contribution in [2.45, 2.75) is 90.1 Å². The summed E-state index contributed by atoms with van der Waals surface area (Å²) in [6.45, 7) is 2.17. The highest BCUT2D eigenvalue weighted by atomic mass is 32.2. The highest BCUT2D eigenvalue weighted by Crippen LogP contribution is 2.13. The quantitative estimate of drug-likeness (QED) is 0.376. The van der Waals surface area contributed by atoms with Crippen molar-refractivity contribution in [1.82, 2.24) is 0 Å². The third-order valence-electron chi connectivity index (χ3n) is 3.58. The van der Waals surface area contributed by atoms with Crippen LogP contribution in [0.2, 0.25) is 0 Å². The van der Waals surface area contributed by atoms with Crippen molar-refractivity contribution < 1.29 is 18.1 Å². The molecule has 0 saturated heterocycles. The van der Waals surface area contributed by atoms with Crippen molar-refractivity contribution >= 4 is 10.1 Å². The van der Waals surface area contributed by atoms with Crippen LogP contribution in [0.15, 0.2) is 0 Å². The van der Waals surface area contributed by atoms with E-state index in [1.54, 1.807) is 0 Å². The van der Waals surface area contributed by atoms with Crippen LogP contribution in [0.3, 0.4) is 0 Å². The van der Waals surface area contributed by atoms with Gasteiger partial charge in [0.2, 0.25) is 0 Å². The van der Waals surface area contributed by atoms with E-state index in [9.17, 15) is 13.5 Å². The zero-order chi connectivity index (χ0) is 15.3. The van der Waals surface area contributed by atoms with Crippen LogP contribution >= 0.6 is 0 Å². The third-order valence-corrected chi connectivity index (χ3v) is 4.39. The summed E-state index contributed by atoms with van der Waals surface area (Å²) in [5, 5.41) is 9.74. The molecule has 0 amide bonds. The molecule has 1 atom stereocenters. The smallest absolute Gasteiger partial charge is 0.264 e. The molecule has 4 nitrogen and oxygen atoms in total. The first kappa shape index (κ1) is 19.9. The Labute approximate surface area is 124 Å². The van der Waals surface area contributed by atoms with E-state index in [1.807, 2.05) is 0 Å². The fourth-order valence-electron chi connectivity index (χ4n) is 2.32. The maximum atomic E-state index is 10.5. The Kier molecular flexibility index (Phi) is 12.5. The fraction of sp³-hybridized carbons (Fsp3) is 1.00. The van der Waals surface area contributed by atoms with Crippen molar-refractivity contribution in [2.75, 3.05) is 5.75 Å². The molecule has 5 heteroatoms. The topological polar surface area (TPSA) is 74.6 Å². The molecule has 0 saturated carbocycles. The van der Waals surface area contributed by atoms with Gasteiger partial charge < -0.3 is 5.11 Å². The van der Waals surface area contributed by atoms with Crippen LogP contribution < -0.4 is 0 Å². The SMILES string of the molecule is CCCCCC(O)CCCCCCCCCS(=O)(=O)O. The first-order valence-electron chi connectivity index (χ1n) is 8.09. The minimum absolute atomic E-state index is 0.114. The lowest BCUT2D eigenvalue weighted by Gasteiger charge is -2.09. The van der Waals surface area contributed by atoms with Crippen LogP contribution in [-0.4, -0.2) is 29.9 Å². The number of rotatable bonds is 14. The summed E-state index contributed by atoms with van der Waals surface area (Å²) in [5.41, 5.74) is 0. The standard InChI is InChI=1S/C15H32O4S/c1-2-3-9-12-15(16)13-10-7-5-4-6-8-11-14-20(17,18)19/h15-16H,2-14H2,1H3,(H,17,18,19). The molecule has 0 aliphatic heterocycles. The van der Waals surface area contributed by atoms with Crippen molar-refractivity contribution in [3.63, 3.8) is 0 Å². The van der Waals surface area contributed by atoms with Gasteiger partial charge in [0.05, 0.1) is 11.9 Å². The van der Waals surface area contributed by atoms with Gasteiger partial charge >= 0.3 is 0 Å². The first-order valence-corrected chi connectivity index (χ1v) is 9.70. The molecule has 0 spiro atoms. The number of aliphatic hydroxyl groups excluding tert-OH is 1.